The van der Waals surface area contributed by atoms with Crippen LogP contribution in [0.5, 0.6) is 11.5 Å². The van der Waals surface area contributed by atoms with E-state index in [2.05, 4.69) is 10.1 Å². The number of aromatic nitrogens is 2. The second-order valence-corrected chi connectivity index (χ2v) is 6.44. The van der Waals surface area contributed by atoms with Gasteiger partial charge in [-0.15, -0.1) is 11.3 Å². The largest absolute Gasteiger partial charge is 0.503 e. The van der Waals surface area contributed by atoms with Crippen molar-refractivity contribution in [3.8, 4) is 22.2 Å². The lowest BCUT2D eigenvalue weighted by Gasteiger charge is -2.08. The number of thiophene rings is 1. The lowest BCUT2D eigenvalue weighted by molar-refractivity contribution is 0.318. The Hall–Kier alpha value is -2.02. The Bertz CT molecular complexity index is 876. The summed E-state index contributed by atoms with van der Waals surface area (Å²) >= 11 is 13.8. The number of phenolic OH excluding ortho intramolecular Hbond substituents is 1. The lowest BCUT2D eigenvalue weighted by Crippen LogP contribution is -1.92. The van der Waals surface area contributed by atoms with Gasteiger partial charge in [0.2, 0.25) is 5.82 Å². The fraction of sp³-hybridized carbons (Fsp3) is 0.125. The molecule has 5 nitrogen and oxygen atoms in total. The fourth-order valence-corrected chi connectivity index (χ4v) is 3.05. The van der Waals surface area contributed by atoms with Crippen molar-refractivity contribution < 1.29 is 14.4 Å². The quantitative estimate of drug-likeness (QED) is 0.648. The fourth-order valence-electron chi connectivity index (χ4n) is 1.98. The topological polar surface area (TPSA) is 68.4 Å². The van der Waals surface area contributed by atoms with Crippen LogP contribution >= 0.6 is 34.5 Å². The zero-order chi connectivity index (χ0) is 17.1. The summed E-state index contributed by atoms with van der Waals surface area (Å²) in [5.41, 5.74) is 0.641. The molecular weight excluding hydrogens is 371 g/mol. The van der Waals surface area contributed by atoms with Crippen LogP contribution in [0.15, 0.2) is 34.2 Å². The van der Waals surface area contributed by atoms with Gasteiger partial charge in [-0.05, 0) is 42.1 Å². The summed E-state index contributed by atoms with van der Waals surface area (Å²) in [6.45, 7) is 2.21. The van der Waals surface area contributed by atoms with Crippen molar-refractivity contribution >= 4 is 45.6 Å². The van der Waals surface area contributed by atoms with Gasteiger partial charge in [-0.3, -0.25) is 0 Å². The molecule has 0 aliphatic rings. The summed E-state index contributed by atoms with van der Waals surface area (Å²) in [5.74, 6) is 0.850. The van der Waals surface area contributed by atoms with Crippen LogP contribution in [0, 0.1) is 0 Å². The van der Waals surface area contributed by atoms with Crippen molar-refractivity contribution in [1.29, 1.82) is 0 Å². The van der Waals surface area contributed by atoms with Gasteiger partial charge in [0.1, 0.15) is 5.03 Å². The molecule has 124 valence electrons. The van der Waals surface area contributed by atoms with Crippen LogP contribution in [0.1, 0.15) is 18.4 Å². The summed E-state index contributed by atoms with van der Waals surface area (Å²) < 4.78 is 10.5. The molecule has 3 aromatic rings. The first-order chi connectivity index (χ1) is 11.6. The Morgan fingerprint density at radius 2 is 2.29 bits per heavy atom. The molecule has 0 spiro atoms. The zero-order valence-corrected chi connectivity index (χ0v) is 14.8. The van der Waals surface area contributed by atoms with Crippen molar-refractivity contribution in [2.75, 3.05) is 6.61 Å². The number of phenols is 1. The number of aromatic hydroxyl groups is 1. The first-order valence-corrected chi connectivity index (χ1v) is 8.62. The smallest absolute Gasteiger partial charge is 0.269 e. The van der Waals surface area contributed by atoms with Crippen molar-refractivity contribution in [1.82, 2.24) is 10.1 Å². The Morgan fingerprint density at radius 1 is 1.46 bits per heavy atom. The van der Waals surface area contributed by atoms with Crippen LogP contribution in [0.25, 0.3) is 21.8 Å². The zero-order valence-electron chi connectivity index (χ0n) is 12.5. The summed E-state index contributed by atoms with van der Waals surface area (Å²) in [7, 11) is 0. The minimum atomic E-state index is -0.107. The summed E-state index contributed by atoms with van der Waals surface area (Å²) in [4.78, 5) is 5.16. The van der Waals surface area contributed by atoms with E-state index < -0.39 is 0 Å². The number of benzene rings is 1. The molecule has 8 heteroatoms. The number of hydrogen-bond donors (Lipinski definition) is 1. The highest BCUT2D eigenvalue weighted by molar-refractivity contribution is 7.13. The van der Waals surface area contributed by atoms with E-state index in [1.807, 2.05) is 24.4 Å². The number of hydrogen-bond acceptors (Lipinski definition) is 6. The molecular formula is C16H12Cl2N2O3S. The normalized spacial score (nSPS) is 11.7. The molecule has 0 unspecified atom stereocenters. The molecule has 24 heavy (non-hydrogen) atoms. The van der Waals surface area contributed by atoms with E-state index >= 15 is 0 Å². The van der Waals surface area contributed by atoms with Gasteiger partial charge in [0.15, 0.2) is 11.5 Å². The van der Waals surface area contributed by atoms with Crippen LogP contribution in [0.4, 0.5) is 0 Å². The molecule has 3 rings (SSSR count). The first-order valence-electron chi connectivity index (χ1n) is 6.99. The van der Waals surface area contributed by atoms with Gasteiger partial charge in [0.05, 0.1) is 16.5 Å². The van der Waals surface area contributed by atoms with Gasteiger partial charge in [-0.2, -0.15) is 4.98 Å². The highest BCUT2D eigenvalue weighted by Crippen LogP contribution is 2.36. The molecule has 0 saturated carbocycles. The lowest BCUT2D eigenvalue weighted by atomic mass is 10.2. The van der Waals surface area contributed by atoms with E-state index in [-0.39, 0.29) is 27.4 Å². The minimum absolute atomic E-state index is 0.107. The molecule has 0 bridgehead atoms. The maximum absolute atomic E-state index is 9.86. The van der Waals surface area contributed by atoms with Crippen molar-refractivity contribution in [3.63, 3.8) is 0 Å². The van der Waals surface area contributed by atoms with Crippen LogP contribution in [-0.4, -0.2) is 21.9 Å². The van der Waals surface area contributed by atoms with Crippen molar-refractivity contribution in [2.45, 2.75) is 6.92 Å². The average molecular weight is 383 g/mol. The summed E-state index contributed by atoms with van der Waals surface area (Å²) in [6.07, 6.45) is 1.61. The third-order valence-corrected chi connectivity index (χ3v) is 4.44. The van der Waals surface area contributed by atoms with Crippen LogP contribution < -0.4 is 4.74 Å². The number of halogens is 2. The van der Waals surface area contributed by atoms with E-state index in [1.54, 1.807) is 18.2 Å². The third kappa shape index (κ3) is 3.56. The molecule has 1 aromatic carbocycles. The van der Waals surface area contributed by atoms with E-state index in [9.17, 15) is 5.11 Å². The Balaban J connectivity index is 1.91. The second-order valence-electron chi connectivity index (χ2n) is 4.68. The molecule has 0 aliphatic carbocycles. The van der Waals surface area contributed by atoms with E-state index in [4.69, 9.17) is 32.5 Å². The van der Waals surface area contributed by atoms with Crippen molar-refractivity contribution in [3.05, 3.63) is 46.1 Å². The molecule has 0 radical (unpaired) electrons. The number of nitrogens with zero attached hydrogens (tertiary/aromatic N) is 2. The monoisotopic (exact) mass is 382 g/mol. The van der Waals surface area contributed by atoms with E-state index in [1.165, 1.54) is 11.3 Å². The Kier molecular flexibility index (Phi) is 5.08. The highest BCUT2D eigenvalue weighted by atomic mass is 35.5. The SMILES string of the molecule is CCOc1cc(/C=C(\Cl)c2nc(-c3cccs3)no2)cc(Cl)c1O. The Morgan fingerprint density at radius 3 is 3.00 bits per heavy atom. The van der Waals surface area contributed by atoms with Gasteiger partial charge in [-0.25, -0.2) is 0 Å². The highest BCUT2D eigenvalue weighted by Gasteiger charge is 2.14. The molecule has 2 heterocycles. The van der Waals surface area contributed by atoms with Crippen LogP contribution in [-0.2, 0) is 0 Å². The minimum Gasteiger partial charge on any atom is -0.503 e. The number of ether oxygens (including phenoxy) is 1. The third-order valence-electron chi connectivity index (χ3n) is 3.02. The Labute approximate surface area is 152 Å². The summed E-state index contributed by atoms with van der Waals surface area (Å²) in [5, 5.41) is 16.1. The molecule has 0 fully saturated rings. The van der Waals surface area contributed by atoms with Gasteiger partial charge < -0.3 is 14.4 Å². The molecule has 0 amide bonds. The molecule has 0 atom stereocenters. The molecule has 0 aliphatic heterocycles. The van der Waals surface area contributed by atoms with Crippen LogP contribution in [0.3, 0.4) is 0 Å². The predicted octanol–water partition coefficient (Wildman–Crippen LogP) is 5.29. The maximum atomic E-state index is 9.86. The number of rotatable bonds is 5. The molecule has 0 saturated heterocycles. The van der Waals surface area contributed by atoms with Gasteiger partial charge in [0.25, 0.3) is 5.89 Å². The standard InChI is InChI=1S/C16H12Cl2N2O3S/c1-2-22-12-8-9(6-10(17)14(12)21)7-11(18)16-19-15(20-23-16)13-4-3-5-24-13/h3-8,21H,2H2,1H3/b11-7-. The van der Waals surface area contributed by atoms with E-state index in [0.29, 0.717) is 18.0 Å². The molecule has 2 aromatic heterocycles. The predicted molar refractivity (Wildman–Crippen MR) is 95.6 cm³/mol. The van der Waals surface area contributed by atoms with E-state index in [0.717, 1.165) is 4.88 Å². The van der Waals surface area contributed by atoms with Gasteiger partial charge >= 0.3 is 0 Å². The first kappa shape index (κ1) is 16.8. The van der Waals surface area contributed by atoms with Crippen molar-refractivity contribution in [2.24, 2.45) is 0 Å². The van der Waals surface area contributed by atoms with Gasteiger partial charge in [0, 0.05) is 0 Å². The second kappa shape index (κ2) is 7.25. The summed E-state index contributed by atoms with van der Waals surface area (Å²) in [6, 6.07) is 6.99. The van der Waals surface area contributed by atoms with Crippen LogP contribution in [0.2, 0.25) is 5.02 Å². The van der Waals surface area contributed by atoms with Gasteiger partial charge in [-0.1, -0.05) is 34.4 Å². The average Bonchev–Trinajstić information content (AvgIpc) is 3.23. The molecule has 1 N–H and O–H groups in total. The maximum Gasteiger partial charge on any atom is 0.269 e.